The van der Waals surface area contributed by atoms with E-state index < -0.39 is 5.60 Å². The van der Waals surface area contributed by atoms with Gasteiger partial charge in [0.1, 0.15) is 12.2 Å². The van der Waals surface area contributed by atoms with E-state index in [1.165, 1.54) is 6.42 Å². The van der Waals surface area contributed by atoms with E-state index in [1.807, 2.05) is 7.05 Å². The van der Waals surface area contributed by atoms with E-state index in [-0.39, 0.29) is 0 Å². The summed E-state index contributed by atoms with van der Waals surface area (Å²) in [6.45, 7) is 6.66. The van der Waals surface area contributed by atoms with Crippen LogP contribution in [0.1, 0.15) is 45.9 Å². The molecule has 0 aromatic carbocycles. The lowest BCUT2D eigenvalue weighted by Gasteiger charge is -2.44. The standard InChI is InChI=1S/C14H25N3O/c1-10(2)12-6-5-11(3)7-14(12,18)8-13-15-9-16-17(13)4/h9-12,18H,5-8H2,1-4H3. The average molecular weight is 251 g/mol. The van der Waals surface area contributed by atoms with E-state index in [2.05, 4.69) is 30.9 Å². The second-order valence-electron chi connectivity index (χ2n) is 6.32. The molecule has 3 unspecified atom stereocenters. The van der Waals surface area contributed by atoms with E-state index in [9.17, 15) is 5.11 Å². The maximum absolute atomic E-state index is 11.1. The lowest BCUT2D eigenvalue weighted by atomic mass is 9.65. The van der Waals surface area contributed by atoms with Gasteiger partial charge in [-0.15, -0.1) is 0 Å². The number of hydrogen-bond donors (Lipinski definition) is 1. The topological polar surface area (TPSA) is 50.9 Å². The molecule has 1 heterocycles. The van der Waals surface area contributed by atoms with Crippen molar-refractivity contribution in [3.63, 3.8) is 0 Å². The normalized spacial score (nSPS) is 33.0. The first-order valence-electron chi connectivity index (χ1n) is 6.97. The third-order valence-corrected chi connectivity index (χ3v) is 4.44. The number of hydrogen-bond acceptors (Lipinski definition) is 3. The number of aliphatic hydroxyl groups is 1. The summed E-state index contributed by atoms with van der Waals surface area (Å²) < 4.78 is 1.77. The third-order valence-electron chi connectivity index (χ3n) is 4.44. The Balaban J connectivity index is 2.21. The van der Waals surface area contributed by atoms with Crippen molar-refractivity contribution >= 4 is 0 Å². The molecule has 1 aliphatic carbocycles. The monoisotopic (exact) mass is 251 g/mol. The minimum Gasteiger partial charge on any atom is -0.389 e. The van der Waals surface area contributed by atoms with Crippen LogP contribution in [0, 0.1) is 17.8 Å². The van der Waals surface area contributed by atoms with Crippen molar-refractivity contribution in [1.29, 1.82) is 0 Å². The Labute approximate surface area is 109 Å². The maximum Gasteiger partial charge on any atom is 0.138 e. The Morgan fingerprint density at radius 1 is 1.50 bits per heavy atom. The van der Waals surface area contributed by atoms with Gasteiger partial charge in [-0.05, 0) is 30.6 Å². The largest absolute Gasteiger partial charge is 0.389 e. The Hall–Kier alpha value is -0.900. The SMILES string of the molecule is CC1CCC(C(C)C)C(O)(Cc2ncnn2C)C1. The van der Waals surface area contributed by atoms with Gasteiger partial charge < -0.3 is 5.11 Å². The highest BCUT2D eigenvalue weighted by atomic mass is 16.3. The maximum atomic E-state index is 11.1. The Morgan fingerprint density at radius 3 is 2.78 bits per heavy atom. The molecule has 3 atom stereocenters. The molecule has 0 saturated heterocycles. The van der Waals surface area contributed by atoms with Crippen LogP contribution in [-0.2, 0) is 13.5 Å². The van der Waals surface area contributed by atoms with E-state index in [0.717, 1.165) is 18.7 Å². The van der Waals surface area contributed by atoms with Crippen LogP contribution in [0.2, 0.25) is 0 Å². The molecule has 0 amide bonds. The molecule has 0 radical (unpaired) electrons. The molecular formula is C14H25N3O. The Morgan fingerprint density at radius 2 is 2.22 bits per heavy atom. The van der Waals surface area contributed by atoms with E-state index >= 15 is 0 Å². The average Bonchev–Trinajstić information content (AvgIpc) is 2.62. The van der Waals surface area contributed by atoms with Gasteiger partial charge in [0.15, 0.2) is 0 Å². The minimum absolute atomic E-state index is 0.366. The molecule has 1 N–H and O–H groups in total. The van der Waals surface area contributed by atoms with E-state index in [4.69, 9.17) is 0 Å². The van der Waals surface area contributed by atoms with Gasteiger partial charge in [-0.1, -0.05) is 27.2 Å². The van der Waals surface area contributed by atoms with Crippen LogP contribution in [0.5, 0.6) is 0 Å². The van der Waals surface area contributed by atoms with Crippen molar-refractivity contribution in [2.75, 3.05) is 0 Å². The second kappa shape index (κ2) is 5.00. The summed E-state index contributed by atoms with van der Waals surface area (Å²) in [5, 5.41) is 15.2. The summed E-state index contributed by atoms with van der Waals surface area (Å²) in [4.78, 5) is 4.27. The molecule has 1 aromatic heterocycles. The summed E-state index contributed by atoms with van der Waals surface area (Å²) >= 11 is 0. The Kier molecular flexibility index (Phi) is 3.76. The molecule has 4 heteroatoms. The summed E-state index contributed by atoms with van der Waals surface area (Å²) in [6, 6.07) is 0. The van der Waals surface area contributed by atoms with Gasteiger partial charge in [-0.2, -0.15) is 5.10 Å². The molecule has 1 aromatic rings. The lowest BCUT2D eigenvalue weighted by Crippen LogP contribution is -2.47. The predicted molar refractivity (Wildman–Crippen MR) is 71.0 cm³/mol. The van der Waals surface area contributed by atoms with Crippen molar-refractivity contribution < 1.29 is 5.11 Å². The zero-order valence-electron chi connectivity index (χ0n) is 11.9. The molecule has 4 nitrogen and oxygen atoms in total. The van der Waals surface area contributed by atoms with E-state index in [1.54, 1.807) is 11.0 Å². The van der Waals surface area contributed by atoms with Crippen LogP contribution in [-0.4, -0.2) is 25.5 Å². The van der Waals surface area contributed by atoms with Crippen LogP contribution >= 0.6 is 0 Å². The van der Waals surface area contributed by atoms with Crippen LogP contribution in [0.25, 0.3) is 0 Å². The molecule has 102 valence electrons. The predicted octanol–water partition coefficient (Wildman–Crippen LogP) is 2.18. The minimum atomic E-state index is -0.618. The van der Waals surface area contributed by atoms with Gasteiger partial charge in [0.25, 0.3) is 0 Å². The molecule has 1 fully saturated rings. The molecule has 1 saturated carbocycles. The zero-order valence-corrected chi connectivity index (χ0v) is 11.9. The smallest absolute Gasteiger partial charge is 0.138 e. The zero-order chi connectivity index (χ0) is 13.3. The van der Waals surface area contributed by atoms with Crippen molar-refractivity contribution in [2.24, 2.45) is 24.8 Å². The highest BCUT2D eigenvalue weighted by Gasteiger charge is 2.43. The van der Waals surface area contributed by atoms with Crippen molar-refractivity contribution in [3.8, 4) is 0 Å². The third kappa shape index (κ3) is 2.58. The number of aryl methyl sites for hydroxylation is 1. The van der Waals surface area contributed by atoms with Crippen molar-refractivity contribution in [3.05, 3.63) is 12.2 Å². The summed E-state index contributed by atoms with van der Waals surface area (Å²) in [5.41, 5.74) is -0.618. The van der Waals surface area contributed by atoms with Crippen molar-refractivity contribution in [1.82, 2.24) is 14.8 Å². The summed E-state index contributed by atoms with van der Waals surface area (Å²) in [7, 11) is 1.89. The van der Waals surface area contributed by atoms with Gasteiger partial charge in [-0.25, -0.2) is 4.98 Å². The fourth-order valence-corrected chi connectivity index (χ4v) is 3.50. The quantitative estimate of drug-likeness (QED) is 0.896. The summed E-state index contributed by atoms with van der Waals surface area (Å²) in [5.74, 6) is 2.36. The van der Waals surface area contributed by atoms with Gasteiger partial charge in [0.2, 0.25) is 0 Å². The van der Waals surface area contributed by atoms with Gasteiger partial charge in [0, 0.05) is 13.5 Å². The van der Waals surface area contributed by atoms with E-state index in [0.29, 0.717) is 24.2 Å². The molecule has 0 aliphatic heterocycles. The molecule has 0 spiro atoms. The Bertz CT molecular complexity index is 401. The van der Waals surface area contributed by atoms with Gasteiger partial charge in [0.05, 0.1) is 5.60 Å². The lowest BCUT2D eigenvalue weighted by molar-refractivity contribution is -0.0811. The highest BCUT2D eigenvalue weighted by Crippen LogP contribution is 2.42. The van der Waals surface area contributed by atoms with Gasteiger partial charge in [-0.3, -0.25) is 4.68 Å². The second-order valence-corrected chi connectivity index (χ2v) is 6.32. The molecule has 2 rings (SSSR count). The first-order valence-corrected chi connectivity index (χ1v) is 6.97. The fourth-order valence-electron chi connectivity index (χ4n) is 3.50. The molecule has 1 aliphatic rings. The van der Waals surface area contributed by atoms with Gasteiger partial charge >= 0.3 is 0 Å². The summed E-state index contributed by atoms with van der Waals surface area (Å²) in [6.07, 6.45) is 5.41. The highest BCUT2D eigenvalue weighted by molar-refractivity contribution is 5.01. The van der Waals surface area contributed by atoms with Crippen molar-refractivity contribution in [2.45, 2.75) is 52.1 Å². The first-order chi connectivity index (χ1) is 8.42. The van der Waals surface area contributed by atoms with Crippen LogP contribution in [0.4, 0.5) is 0 Å². The molecular weight excluding hydrogens is 226 g/mol. The van der Waals surface area contributed by atoms with Crippen LogP contribution in [0.15, 0.2) is 6.33 Å². The van der Waals surface area contributed by atoms with Crippen LogP contribution in [0.3, 0.4) is 0 Å². The number of rotatable bonds is 3. The number of nitrogens with zero attached hydrogens (tertiary/aromatic N) is 3. The molecule has 18 heavy (non-hydrogen) atoms. The number of aromatic nitrogens is 3. The fraction of sp³-hybridized carbons (Fsp3) is 0.857. The molecule has 0 bridgehead atoms. The first kappa shape index (κ1) is 13.5. The van der Waals surface area contributed by atoms with Crippen LogP contribution < -0.4 is 0 Å².